The van der Waals surface area contributed by atoms with E-state index in [0.29, 0.717) is 19.6 Å². The molecular formula is C29H35N3O4S. The minimum absolute atomic E-state index is 0.0253. The topological polar surface area (TPSA) is 81.2 Å². The van der Waals surface area contributed by atoms with Crippen LogP contribution in [0.25, 0.3) is 0 Å². The first-order valence-corrected chi connectivity index (χ1v) is 14.5. The van der Waals surface area contributed by atoms with E-state index in [2.05, 4.69) is 18.2 Å². The van der Waals surface area contributed by atoms with Gasteiger partial charge in [0.05, 0.1) is 23.2 Å². The van der Waals surface area contributed by atoms with Gasteiger partial charge in [-0.1, -0.05) is 73.9 Å². The summed E-state index contributed by atoms with van der Waals surface area (Å²) in [4.78, 5) is 47.8. The number of fused-ring (bicyclic) bond motifs is 2. The van der Waals surface area contributed by atoms with Crippen LogP contribution in [-0.4, -0.2) is 85.8 Å². The van der Waals surface area contributed by atoms with Gasteiger partial charge in [-0.25, -0.2) is 0 Å². The average Bonchev–Trinajstić information content (AvgIpc) is 3.22. The van der Waals surface area contributed by atoms with Crippen LogP contribution >= 0.6 is 11.8 Å². The van der Waals surface area contributed by atoms with Gasteiger partial charge in [-0.05, 0) is 18.4 Å². The van der Waals surface area contributed by atoms with Crippen LogP contribution in [0.4, 0.5) is 0 Å². The first kappa shape index (κ1) is 24.7. The molecule has 1 spiro atoms. The zero-order valence-electron chi connectivity index (χ0n) is 21.1. The number of hydrogen-bond donors (Lipinski definition) is 1. The van der Waals surface area contributed by atoms with Crippen molar-refractivity contribution in [2.75, 3.05) is 26.2 Å². The molecule has 0 bridgehead atoms. The molecule has 0 radical (unpaired) electrons. The van der Waals surface area contributed by atoms with Crippen molar-refractivity contribution in [3.05, 3.63) is 60.2 Å². The Balaban J connectivity index is 1.36. The largest absolute Gasteiger partial charge is 0.395 e. The van der Waals surface area contributed by atoms with Crippen molar-refractivity contribution in [1.82, 2.24) is 14.7 Å². The van der Waals surface area contributed by atoms with Gasteiger partial charge in [-0.3, -0.25) is 14.4 Å². The molecule has 3 amide bonds. The Hall–Kier alpha value is -2.58. The monoisotopic (exact) mass is 521 g/mol. The number of aliphatic hydroxyl groups excluding tert-OH is 1. The van der Waals surface area contributed by atoms with Crippen molar-refractivity contribution < 1.29 is 19.5 Å². The van der Waals surface area contributed by atoms with Crippen LogP contribution in [0.15, 0.2) is 54.6 Å². The van der Waals surface area contributed by atoms with E-state index in [0.717, 1.165) is 31.2 Å². The minimum Gasteiger partial charge on any atom is -0.395 e. The van der Waals surface area contributed by atoms with Gasteiger partial charge in [0.1, 0.15) is 6.04 Å². The van der Waals surface area contributed by atoms with Gasteiger partial charge >= 0.3 is 0 Å². The van der Waals surface area contributed by atoms with Crippen LogP contribution in [0.2, 0.25) is 0 Å². The first-order valence-electron chi connectivity index (χ1n) is 13.6. The van der Waals surface area contributed by atoms with Gasteiger partial charge in [0.25, 0.3) is 0 Å². The molecule has 1 N–H and O–H groups in total. The molecule has 7 nitrogen and oxygen atoms in total. The molecule has 1 unspecified atom stereocenters. The lowest BCUT2D eigenvalue weighted by Crippen LogP contribution is -2.55. The van der Waals surface area contributed by atoms with E-state index < -0.39 is 22.6 Å². The summed E-state index contributed by atoms with van der Waals surface area (Å²) in [6.07, 6.45) is 13.7. The maximum absolute atomic E-state index is 14.2. The van der Waals surface area contributed by atoms with Crippen molar-refractivity contribution in [1.29, 1.82) is 0 Å². The minimum atomic E-state index is -0.808. The van der Waals surface area contributed by atoms with E-state index in [1.165, 1.54) is 6.42 Å². The first-order chi connectivity index (χ1) is 18.0. The summed E-state index contributed by atoms with van der Waals surface area (Å²) in [5.41, 5.74) is 1.05. The van der Waals surface area contributed by atoms with Crippen molar-refractivity contribution in [3.63, 3.8) is 0 Å². The summed E-state index contributed by atoms with van der Waals surface area (Å²) in [6, 6.07) is 9.40. The van der Waals surface area contributed by atoms with Gasteiger partial charge in [0.15, 0.2) is 0 Å². The fourth-order valence-electron chi connectivity index (χ4n) is 7.22. The lowest BCUT2D eigenvalue weighted by atomic mass is 9.78. The number of carbonyl (C=O) groups excluding carboxylic acids is 3. The molecule has 3 fully saturated rings. The number of hydrogen-bond acceptors (Lipinski definition) is 5. The number of β-amino-alcohol motifs (C(OH)–C–C–N with tert-alkyl or cyclic N) is 1. The second-order valence-electron chi connectivity index (χ2n) is 10.9. The highest BCUT2D eigenvalue weighted by atomic mass is 32.2. The van der Waals surface area contributed by atoms with E-state index in [9.17, 15) is 19.5 Å². The van der Waals surface area contributed by atoms with Crippen LogP contribution in [0.5, 0.6) is 0 Å². The molecule has 5 atom stereocenters. The fourth-order valence-corrected chi connectivity index (χ4v) is 9.23. The van der Waals surface area contributed by atoms with E-state index in [1.807, 2.05) is 46.2 Å². The maximum Gasteiger partial charge on any atom is 0.247 e. The second kappa shape index (κ2) is 9.95. The Bertz CT molecular complexity index is 1120. The Morgan fingerprint density at radius 3 is 2.49 bits per heavy atom. The zero-order valence-corrected chi connectivity index (χ0v) is 21.9. The summed E-state index contributed by atoms with van der Waals surface area (Å²) in [6.45, 7) is 1.42. The number of likely N-dealkylation sites (tertiary alicyclic amines) is 1. The lowest BCUT2D eigenvalue weighted by molar-refractivity contribution is -0.145. The van der Waals surface area contributed by atoms with E-state index in [-0.39, 0.29) is 42.2 Å². The third-order valence-corrected chi connectivity index (χ3v) is 10.6. The predicted octanol–water partition coefficient (Wildman–Crippen LogP) is 2.61. The maximum atomic E-state index is 14.2. The van der Waals surface area contributed by atoms with E-state index in [4.69, 9.17) is 0 Å². The number of aliphatic hydroxyl groups is 1. The van der Waals surface area contributed by atoms with Gasteiger partial charge < -0.3 is 19.8 Å². The SMILES string of the molecule is O=C1[C@@H]2[C@H](C=CCN1Cc1ccccc1)S[C@]13C=CCN(C4CCCCC4)C(=O)C1N(CCO)C(=O)[C@H]23. The highest BCUT2D eigenvalue weighted by Gasteiger charge is 2.71. The molecule has 5 aliphatic rings. The van der Waals surface area contributed by atoms with Crippen LogP contribution in [0, 0.1) is 11.8 Å². The van der Waals surface area contributed by atoms with Crippen molar-refractivity contribution >= 4 is 29.5 Å². The van der Waals surface area contributed by atoms with Crippen molar-refractivity contribution in [2.45, 2.75) is 60.7 Å². The Kier molecular flexibility index (Phi) is 6.65. The number of benzene rings is 1. The Labute approximate surface area is 222 Å². The normalized spacial score (nSPS) is 33.9. The molecule has 4 aliphatic heterocycles. The Morgan fingerprint density at radius 1 is 0.946 bits per heavy atom. The summed E-state index contributed by atoms with van der Waals surface area (Å²) in [5.74, 6) is -1.39. The second-order valence-corrected chi connectivity index (χ2v) is 12.4. The van der Waals surface area contributed by atoms with Crippen LogP contribution in [0.1, 0.15) is 37.7 Å². The lowest BCUT2D eigenvalue weighted by Gasteiger charge is -2.39. The molecule has 1 aromatic rings. The van der Waals surface area contributed by atoms with Crippen LogP contribution < -0.4 is 0 Å². The molecule has 4 heterocycles. The molecule has 1 aliphatic carbocycles. The van der Waals surface area contributed by atoms with Gasteiger partial charge in [0.2, 0.25) is 17.7 Å². The number of thioether (sulfide) groups is 1. The summed E-state index contributed by atoms with van der Waals surface area (Å²) in [5, 5.41) is 9.71. The van der Waals surface area contributed by atoms with E-state index >= 15 is 0 Å². The fraction of sp³-hybridized carbons (Fsp3) is 0.552. The predicted molar refractivity (Wildman–Crippen MR) is 142 cm³/mol. The molecule has 1 saturated carbocycles. The molecule has 1 aromatic carbocycles. The molecule has 196 valence electrons. The third kappa shape index (κ3) is 4.04. The van der Waals surface area contributed by atoms with Crippen molar-refractivity contribution in [2.24, 2.45) is 11.8 Å². The smallest absolute Gasteiger partial charge is 0.247 e. The number of carbonyl (C=O) groups is 3. The molecule has 8 heteroatoms. The quantitative estimate of drug-likeness (QED) is 0.603. The third-order valence-electron chi connectivity index (χ3n) is 8.85. The van der Waals surface area contributed by atoms with Crippen LogP contribution in [0.3, 0.4) is 0 Å². The summed E-state index contributed by atoms with van der Waals surface area (Å²) >= 11 is 1.61. The highest BCUT2D eigenvalue weighted by Crippen LogP contribution is 2.61. The van der Waals surface area contributed by atoms with Crippen molar-refractivity contribution in [3.8, 4) is 0 Å². The molecule has 2 saturated heterocycles. The standard InChI is InChI=1S/C29H35N3O4S/c33-18-17-32-25-28(36)31(21-11-5-2-6-12-21)16-8-14-29(25)24(27(32)35)23-22(37-29)13-7-15-30(26(23)34)19-20-9-3-1-4-10-20/h1,3-4,7-10,13-14,21-25,33H,2,5-6,11-12,15-19H2/t22-,23+,24-,25?,29-/m0/s1. The average molecular weight is 522 g/mol. The molecule has 37 heavy (non-hydrogen) atoms. The number of amides is 3. The molecular weight excluding hydrogens is 486 g/mol. The van der Waals surface area contributed by atoms with Crippen LogP contribution in [-0.2, 0) is 20.9 Å². The van der Waals surface area contributed by atoms with Gasteiger partial charge in [0, 0.05) is 37.5 Å². The van der Waals surface area contributed by atoms with Gasteiger partial charge in [-0.2, -0.15) is 0 Å². The Morgan fingerprint density at radius 2 is 1.73 bits per heavy atom. The molecule has 6 rings (SSSR count). The van der Waals surface area contributed by atoms with E-state index in [1.54, 1.807) is 16.7 Å². The summed E-state index contributed by atoms with van der Waals surface area (Å²) in [7, 11) is 0. The summed E-state index contributed by atoms with van der Waals surface area (Å²) < 4.78 is -0.808. The molecule has 0 aromatic heterocycles. The highest BCUT2D eigenvalue weighted by molar-refractivity contribution is 8.02. The number of rotatable bonds is 5. The van der Waals surface area contributed by atoms with Gasteiger partial charge in [-0.15, -0.1) is 11.8 Å². The zero-order chi connectivity index (χ0) is 25.6. The number of nitrogens with zero attached hydrogens (tertiary/aromatic N) is 3.